The van der Waals surface area contributed by atoms with Crippen molar-refractivity contribution in [2.24, 2.45) is 11.3 Å². The summed E-state index contributed by atoms with van der Waals surface area (Å²) in [6, 6.07) is 3.17. The number of benzene rings is 1. The number of alkyl carbamates (subject to hydrolysis) is 1. The standard InChI is InChI=1S/C37H51N5O10S/c1-7-22-19-37(22,34(45)41-53(47,48)52-24-12-13-24)40-32(43)27-18-25(50-29-16-17-38-30-21(2)28(49-6)15-14-26(29)30)20-42(27)33(44)31(36(3,4)5)39-35(46)51-23-10-8-9-11-23/h14-17,22-25,27,31H,7-13,18-20H2,1-6H3,(H,39,46)(H,40,43)(H,41,45)/t22?,25-,27?,31-,37-/m1/s1. The van der Waals surface area contributed by atoms with Crippen LogP contribution in [0.3, 0.4) is 0 Å². The number of carbonyl (C=O) groups is 4. The number of hydrogen-bond donors (Lipinski definition) is 3. The molecule has 0 spiro atoms. The maximum Gasteiger partial charge on any atom is 0.408 e. The van der Waals surface area contributed by atoms with Crippen LogP contribution in [0, 0.1) is 18.3 Å². The lowest BCUT2D eigenvalue weighted by molar-refractivity contribution is -0.143. The van der Waals surface area contributed by atoms with E-state index in [1.807, 2.05) is 51.5 Å². The smallest absolute Gasteiger partial charge is 0.408 e. The van der Waals surface area contributed by atoms with E-state index in [0.717, 1.165) is 36.6 Å². The summed E-state index contributed by atoms with van der Waals surface area (Å²) in [6.45, 7) is 9.15. The Morgan fingerprint density at radius 2 is 1.74 bits per heavy atom. The van der Waals surface area contributed by atoms with Crippen LogP contribution in [-0.4, -0.2) is 91.7 Å². The van der Waals surface area contributed by atoms with Crippen LogP contribution in [0.5, 0.6) is 11.5 Å². The molecule has 1 aromatic carbocycles. The lowest BCUT2D eigenvalue weighted by Crippen LogP contribution is -2.60. The van der Waals surface area contributed by atoms with Crippen LogP contribution >= 0.6 is 0 Å². The van der Waals surface area contributed by atoms with Crippen molar-refractivity contribution >= 4 is 45.0 Å². The Morgan fingerprint density at radius 3 is 2.36 bits per heavy atom. The molecule has 3 saturated carbocycles. The number of amides is 4. The second-order valence-corrected chi connectivity index (χ2v) is 17.1. The van der Waals surface area contributed by atoms with Crippen LogP contribution < -0.4 is 24.8 Å². The number of likely N-dealkylation sites (tertiary alicyclic amines) is 1. The van der Waals surface area contributed by atoms with Gasteiger partial charge >= 0.3 is 16.4 Å². The number of aromatic nitrogens is 1. The molecule has 2 unspecified atom stereocenters. The molecule has 4 amide bonds. The first kappa shape index (κ1) is 38.5. The number of methoxy groups -OCH3 is 1. The van der Waals surface area contributed by atoms with E-state index in [2.05, 4.69) is 15.6 Å². The number of ether oxygens (including phenoxy) is 3. The van der Waals surface area contributed by atoms with E-state index in [1.165, 1.54) is 4.90 Å². The van der Waals surface area contributed by atoms with Gasteiger partial charge in [0.1, 0.15) is 41.3 Å². The maximum absolute atomic E-state index is 14.6. The Bertz CT molecular complexity index is 1860. The first-order valence-corrected chi connectivity index (χ1v) is 19.9. The predicted molar refractivity (Wildman–Crippen MR) is 193 cm³/mol. The van der Waals surface area contributed by atoms with Crippen molar-refractivity contribution in [2.75, 3.05) is 13.7 Å². The van der Waals surface area contributed by atoms with Gasteiger partial charge < -0.3 is 29.7 Å². The molecule has 4 fully saturated rings. The molecular weight excluding hydrogens is 706 g/mol. The predicted octanol–water partition coefficient (Wildman–Crippen LogP) is 3.81. The summed E-state index contributed by atoms with van der Waals surface area (Å²) in [6.07, 6.45) is 4.90. The fourth-order valence-corrected chi connectivity index (χ4v) is 8.51. The van der Waals surface area contributed by atoms with E-state index >= 15 is 0 Å². The molecule has 3 aliphatic carbocycles. The van der Waals surface area contributed by atoms with E-state index in [1.54, 1.807) is 19.4 Å². The van der Waals surface area contributed by atoms with Gasteiger partial charge in [-0.15, -0.1) is 0 Å². The number of rotatable bonds is 13. The molecule has 53 heavy (non-hydrogen) atoms. The van der Waals surface area contributed by atoms with Crippen molar-refractivity contribution in [3.8, 4) is 11.5 Å². The van der Waals surface area contributed by atoms with Crippen molar-refractivity contribution < 1.29 is 46.0 Å². The molecule has 290 valence electrons. The van der Waals surface area contributed by atoms with Gasteiger partial charge in [-0.1, -0.05) is 34.1 Å². The molecule has 1 aliphatic heterocycles. The minimum Gasteiger partial charge on any atom is -0.496 e. The van der Waals surface area contributed by atoms with Crippen molar-refractivity contribution in [1.82, 2.24) is 25.2 Å². The number of nitrogens with zero attached hydrogens (tertiary/aromatic N) is 2. The molecule has 3 N–H and O–H groups in total. The summed E-state index contributed by atoms with van der Waals surface area (Å²) in [5.41, 5.74) is -0.801. The second kappa shape index (κ2) is 14.9. The zero-order valence-corrected chi connectivity index (χ0v) is 32.0. The first-order valence-electron chi connectivity index (χ1n) is 18.5. The van der Waals surface area contributed by atoms with Crippen LogP contribution in [0.15, 0.2) is 24.4 Å². The Labute approximate surface area is 310 Å². The molecule has 2 heterocycles. The van der Waals surface area contributed by atoms with Crippen molar-refractivity contribution in [3.63, 3.8) is 0 Å². The monoisotopic (exact) mass is 757 g/mol. The van der Waals surface area contributed by atoms with Gasteiger partial charge in [0, 0.05) is 23.6 Å². The largest absolute Gasteiger partial charge is 0.496 e. The van der Waals surface area contributed by atoms with Crippen LogP contribution in [0.4, 0.5) is 4.79 Å². The summed E-state index contributed by atoms with van der Waals surface area (Å²) < 4.78 is 49.8. The molecular formula is C37H51N5O10S. The molecule has 15 nitrogen and oxygen atoms in total. The highest BCUT2D eigenvalue weighted by molar-refractivity contribution is 7.85. The van der Waals surface area contributed by atoms with Crippen LogP contribution in [0.1, 0.15) is 91.0 Å². The van der Waals surface area contributed by atoms with Gasteiger partial charge in [0.25, 0.3) is 5.91 Å². The third-order valence-electron chi connectivity index (χ3n) is 10.7. The summed E-state index contributed by atoms with van der Waals surface area (Å²) >= 11 is 0. The van der Waals surface area contributed by atoms with Gasteiger partial charge in [0.15, 0.2) is 0 Å². The Balaban J connectivity index is 1.27. The maximum atomic E-state index is 14.6. The second-order valence-electron chi connectivity index (χ2n) is 15.8. The van der Waals surface area contributed by atoms with E-state index in [9.17, 15) is 27.6 Å². The lowest BCUT2D eigenvalue weighted by Gasteiger charge is -2.35. The molecule has 0 radical (unpaired) electrons. The van der Waals surface area contributed by atoms with Crippen molar-refractivity contribution in [2.45, 2.75) is 128 Å². The topological polar surface area (TPSA) is 192 Å². The first-order chi connectivity index (χ1) is 25.0. The van der Waals surface area contributed by atoms with Crippen molar-refractivity contribution in [3.05, 3.63) is 30.0 Å². The van der Waals surface area contributed by atoms with Crippen LogP contribution in [0.2, 0.25) is 0 Å². The zero-order chi connectivity index (χ0) is 38.3. The number of nitrogens with one attached hydrogen (secondary N) is 3. The number of aryl methyl sites for hydroxylation is 1. The molecule has 16 heteroatoms. The molecule has 6 rings (SSSR count). The number of pyridine rings is 1. The van der Waals surface area contributed by atoms with Gasteiger partial charge in [-0.25, -0.2) is 9.52 Å². The third kappa shape index (κ3) is 8.48. The van der Waals surface area contributed by atoms with Crippen LogP contribution in [-0.2, 0) is 33.6 Å². The highest BCUT2D eigenvalue weighted by Gasteiger charge is 2.62. The number of carbonyl (C=O) groups excluding carboxylic acids is 4. The van der Waals surface area contributed by atoms with Gasteiger partial charge in [-0.05, 0) is 81.4 Å². The fraction of sp³-hybridized carbons (Fsp3) is 0.649. The number of fused-ring (bicyclic) bond motifs is 1. The third-order valence-corrected chi connectivity index (χ3v) is 11.7. The molecule has 2 aromatic rings. The van der Waals surface area contributed by atoms with E-state index < -0.39 is 69.4 Å². The normalized spacial score (nSPS) is 25.1. The Hall–Kier alpha value is -4.18. The molecule has 4 aliphatic rings. The quantitative estimate of drug-likeness (QED) is 0.269. The highest BCUT2D eigenvalue weighted by Crippen LogP contribution is 2.47. The zero-order valence-electron chi connectivity index (χ0n) is 31.2. The van der Waals surface area contributed by atoms with Crippen LogP contribution in [0.25, 0.3) is 10.9 Å². The molecule has 1 saturated heterocycles. The molecule has 1 aromatic heterocycles. The van der Waals surface area contributed by atoms with Crippen molar-refractivity contribution in [1.29, 1.82) is 0 Å². The summed E-state index contributed by atoms with van der Waals surface area (Å²) in [4.78, 5) is 61.4. The Morgan fingerprint density at radius 1 is 1.02 bits per heavy atom. The minimum atomic E-state index is -4.39. The summed E-state index contributed by atoms with van der Waals surface area (Å²) in [5.74, 6) is -1.22. The van der Waals surface area contributed by atoms with Gasteiger partial charge in [-0.3, -0.25) is 23.6 Å². The average molecular weight is 758 g/mol. The number of hydrogen-bond acceptors (Lipinski definition) is 11. The van der Waals surface area contributed by atoms with Gasteiger partial charge in [-0.2, -0.15) is 8.42 Å². The fourth-order valence-electron chi connectivity index (χ4n) is 7.50. The lowest BCUT2D eigenvalue weighted by atomic mass is 9.85. The molecule has 5 atom stereocenters. The highest BCUT2D eigenvalue weighted by atomic mass is 32.2. The molecule has 0 bridgehead atoms. The Kier molecular flexibility index (Phi) is 10.9. The minimum absolute atomic E-state index is 0.0121. The summed E-state index contributed by atoms with van der Waals surface area (Å²) in [5, 5.41) is 6.33. The SMILES string of the molecule is CCC1C[C@]1(NC(=O)C1C[C@@H](Oc2ccnc3c(C)c(OC)ccc23)CN1C(=O)[C@@H](NC(=O)OC1CCCC1)C(C)(C)C)C(=O)NS(=O)(=O)OC1CC1. The summed E-state index contributed by atoms with van der Waals surface area (Å²) in [7, 11) is -2.81. The van der Waals surface area contributed by atoms with Gasteiger partial charge in [0.2, 0.25) is 11.8 Å². The van der Waals surface area contributed by atoms with E-state index in [-0.39, 0.29) is 31.4 Å². The van der Waals surface area contributed by atoms with E-state index in [4.69, 9.17) is 18.4 Å². The van der Waals surface area contributed by atoms with E-state index in [0.29, 0.717) is 36.3 Å². The average Bonchev–Trinajstić information content (AvgIpc) is 3.92. The van der Waals surface area contributed by atoms with Gasteiger partial charge in [0.05, 0.1) is 25.3 Å².